The van der Waals surface area contributed by atoms with Gasteiger partial charge in [-0.2, -0.15) is 0 Å². The minimum Gasteiger partial charge on any atom is -0.379 e. The lowest BCUT2D eigenvalue weighted by molar-refractivity contribution is 0.140. The van der Waals surface area contributed by atoms with Crippen LogP contribution in [0.1, 0.15) is 11.4 Å². The van der Waals surface area contributed by atoms with Crippen LogP contribution in [0.15, 0.2) is 24.3 Å². The maximum Gasteiger partial charge on any atom is 0.164 e. The number of nitrogens with zero attached hydrogens (tertiary/aromatic N) is 3. The fourth-order valence-corrected chi connectivity index (χ4v) is 2.09. The Hall–Kier alpha value is -1.68. The maximum atomic E-state index is 5.46. The average molecular weight is 229 g/mol. The van der Waals surface area contributed by atoms with Crippen LogP contribution in [0, 0.1) is 6.92 Å². The van der Waals surface area contributed by atoms with Gasteiger partial charge in [-0.15, -0.1) is 10.2 Å². The van der Waals surface area contributed by atoms with E-state index in [9.17, 15) is 0 Å². The highest BCUT2D eigenvalue weighted by Crippen LogP contribution is 2.20. The molecular formula is C13H15N3O. The minimum absolute atomic E-state index is 0.740. The van der Waals surface area contributed by atoms with E-state index in [4.69, 9.17) is 4.74 Å². The van der Waals surface area contributed by atoms with E-state index in [2.05, 4.69) is 46.0 Å². The summed E-state index contributed by atoms with van der Waals surface area (Å²) in [5, 5.41) is 8.55. The van der Waals surface area contributed by atoms with Gasteiger partial charge in [0.2, 0.25) is 0 Å². The van der Waals surface area contributed by atoms with Gasteiger partial charge in [0, 0.05) is 18.5 Å². The van der Waals surface area contributed by atoms with E-state index < -0.39 is 0 Å². The molecule has 4 nitrogen and oxygen atoms in total. The molecule has 0 saturated heterocycles. The molecule has 3 rings (SSSR count). The molecule has 0 amide bonds. The molecule has 1 aromatic carbocycles. The van der Waals surface area contributed by atoms with Crippen molar-refractivity contribution in [1.82, 2.24) is 14.8 Å². The van der Waals surface area contributed by atoms with Gasteiger partial charge in [0.15, 0.2) is 5.82 Å². The normalized spacial score (nSPS) is 15.4. The molecule has 1 aromatic heterocycles. The third-order valence-electron chi connectivity index (χ3n) is 3.07. The van der Waals surface area contributed by atoms with Crippen molar-refractivity contribution in [2.24, 2.45) is 0 Å². The Kier molecular flexibility index (Phi) is 2.65. The van der Waals surface area contributed by atoms with Crippen LogP contribution in [0.5, 0.6) is 0 Å². The van der Waals surface area contributed by atoms with E-state index >= 15 is 0 Å². The van der Waals surface area contributed by atoms with Gasteiger partial charge in [0.25, 0.3) is 0 Å². The first-order valence-corrected chi connectivity index (χ1v) is 5.91. The molecule has 0 saturated carbocycles. The number of fused-ring (bicyclic) bond motifs is 1. The van der Waals surface area contributed by atoms with Crippen LogP contribution < -0.4 is 0 Å². The molecule has 0 unspecified atom stereocenters. The van der Waals surface area contributed by atoms with E-state index in [1.165, 1.54) is 5.56 Å². The second kappa shape index (κ2) is 4.30. The lowest BCUT2D eigenvalue weighted by Gasteiger charge is -2.06. The van der Waals surface area contributed by atoms with Crippen LogP contribution in [-0.2, 0) is 17.7 Å². The summed E-state index contributed by atoms with van der Waals surface area (Å²) in [5.41, 5.74) is 2.38. The zero-order valence-electron chi connectivity index (χ0n) is 9.89. The fraction of sp³-hybridized carbons (Fsp3) is 0.385. The number of rotatable bonds is 1. The summed E-state index contributed by atoms with van der Waals surface area (Å²) in [6, 6.07) is 8.39. The van der Waals surface area contributed by atoms with Crippen molar-refractivity contribution < 1.29 is 4.74 Å². The predicted molar refractivity (Wildman–Crippen MR) is 64.7 cm³/mol. The zero-order valence-corrected chi connectivity index (χ0v) is 9.89. The fourth-order valence-electron chi connectivity index (χ4n) is 2.09. The van der Waals surface area contributed by atoms with Crippen molar-refractivity contribution in [1.29, 1.82) is 0 Å². The monoisotopic (exact) mass is 229 g/mol. The SMILES string of the molecule is Cc1ccc(-c2nnc3n2CCOCC3)cc1. The first-order valence-electron chi connectivity index (χ1n) is 5.91. The van der Waals surface area contributed by atoms with E-state index in [0.29, 0.717) is 0 Å². The molecule has 0 radical (unpaired) electrons. The molecule has 4 heteroatoms. The van der Waals surface area contributed by atoms with Crippen LogP contribution in [0.3, 0.4) is 0 Å². The van der Waals surface area contributed by atoms with Gasteiger partial charge >= 0.3 is 0 Å². The van der Waals surface area contributed by atoms with Crippen LogP contribution in [-0.4, -0.2) is 28.0 Å². The quantitative estimate of drug-likeness (QED) is 0.749. The van der Waals surface area contributed by atoms with E-state index in [-0.39, 0.29) is 0 Å². The third-order valence-corrected chi connectivity index (χ3v) is 3.07. The number of hydrogen-bond acceptors (Lipinski definition) is 3. The van der Waals surface area contributed by atoms with Crippen molar-refractivity contribution in [2.75, 3.05) is 13.2 Å². The molecule has 0 bridgehead atoms. The molecule has 2 aromatic rings. The molecule has 0 atom stereocenters. The van der Waals surface area contributed by atoms with Gasteiger partial charge in [-0.1, -0.05) is 29.8 Å². The van der Waals surface area contributed by atoms with Gasteiger partial charge in [0.1, 0.15) is 5.82 Å². The van der Waals surface area contributed by atoms with E-state index in [0.717, 1.165) is 43.4 Å². The summed E-state index contributed by atoms with van der Waals surface area (Å²) in [7, 11) is 0. The average Bonchev–Trinajstić information content (AvgIpc) is 2.60. The summed E-state index contributed by atoms with van der Waals surface area (Å²) in [5.74, 6) is 1.98. The number of benzene rings is 1. The molecule has 0 aliphatic carbocycles. The topological polar surface area (TPSA) is 39.9 Å². The molecule has 1 aliphatic rings. The Labute approximate surface area is 100 Å². The van der Waals surface area contributed by atoms with Crippen LogP contribution in [0.2, 0.25) is 0 Å². The Morgan fingerprint density at radius 2 is 1.94 bits per heavy atom. The molecule has 0 fully saturated rings. The van der Waals surface area contributed by atoms with Gasteiger partial charge in [-0.05, 0) is 6.92 Å². The lowest BCUT2D eigenvalue weighted by Crippen LogP contribution is -2.05. The summed E-state index contributed by atoms with van der Waals surface area (Å²) >= 11 is 0. The van der Waals surface area contributed by atoms with Crippen molar-refractivity contribution in [3.8, 4) is 11.4 Å². The standard InChI is InChI=1S/C13H15N3O/c1-10-2-4-11(5-3-10)13-15-14-12-6-8-17-9-7-16(12)13/h2-5H,6-9H2,1H3. The first kappa shape index (κ1) is 10.5. The molecule has 17 heavy (non-hydrogen) atoms. The predicted octanol–water partition coefficient (Wildman–Crippen LogP) is 1.83. The summed E-state index contributed by atoms with van der Waals surface area (Å²) < 4.78 is 7.62. The van der Waals surface area contributed by atoms with Crippen molar-refractivity contribution in [3.63, 3.8) is 0 Å². The lowest BCUT2D eigenvalue weighted by atomic mass is 10.1. The van der Waals surface area contributed by atoms with Gasteiger partial charge in [0.05, 0.1) is 13.2 Å². The van der Waals surface area contributed by atoms with E-state index in [1.54, 1.807) is 0 Å². The largest absolute Gasteiger partial charge is 0.379 e. The molecule has 2 heterocycles. The number of ether oxygens (including phenoxy) is 1. The van der Waals surface area contributed by atoms with Gasteiger partial charge in [-0.3, -0.25) is 0 Å². The minimum atomic E-state index is 0.740. The summed E-state index contributed by atoms with van der Waals surface area (Å²) in [4.78, 5) is 0. The highest BCUT2D eigenvalue weighted by Gasteiger charge is 2.15. The molecule has 88 valence electrons. The first-order chi connectivity index (χ1) is 8.34. The Morgan fingerprint density at radius 3 is 2.76 bits per heavy atom. The van der Waals surface area contributed by atoms with Crippen molar-refractivity contribution >= 4 is 0 Å². The Balaban J connectivity index is 2.03. The number of aromatic nitrogens is 3. The molecule has 1 aliphatic heterocycles. The Morgan fingerprint density at radius 1 is 1.12 bits per heavy atom. The maximum absolute atomic E-state index is 5.46. The highest BCUT2D eigenvalue weighted by molar-refractivity contribution is 5.55. The van der Waals surface area contributed by atoms with Crippen LogP contribution in [0.4, 0.5) is 0 Å². The molecular weight excluding hydrogens is 214 g/mol. The number of aryl methyl sites for hydroxylation is 1. The summed E-state index contributed by atoms with van der Waals surface area (Å²) in [6.45, 7) is 4.41. The van der Waals surface area contributed by atoms with Gasteiger partial charge < -0.3 is 9.30 Å². The van der Waals surface area contributed by atoms with Gasteiger partial charge in [-0.25, -0.2) is 0 Å². The van der Waals surface area contributed by atoms with E-state index in [1.807, 2.05) is 0 Å². The zero-order chi connectivity index (χ0) is 11.7. The third kappa shape index (κ3) is 1.96. The molecule has 0 N–H and O–H groups in total. The Bertz CT molecular complexity index is 516. The second-order valence-corrected chi connectivity index (χ2v) is 4.32. The van der Waals surface area contributed by atoms with Crippen molar-refractivity contribution in [3.05, 3.63) is 35.7 Å². The van der Waals surface area contributed by atoms with Crippen molar-refractivity contribution in [2.45, 2.75) is 19.9 Å². The molecule has 0 spiro atoms. The number of hydrogen-bond donors (Lipinski definition) is 0. The summed E-state index contributed by atoms with van der Waals surface area (Å²) in [6.07, 6.45) is 0.846. The smallest absolute Gasteiger partial charge is 0.164 e. The highest BCUT2D eigenvalue weighted by atomic mass is 16.5. The van der Waals surface area contributed by atoms with Crippen LogP contribution in [0.25, 0.3) is 11.4 Å². The van der Waals surface area contributed by atoms with Crippen LogP contribution >= 0.6 is 0 Å². The second-order valence-electron chi connectivity index (χ2n) is 4.32.